The molecule has 0 aromatic heterocycles. The van der Waals surface area contributed by atoms with E-state index in [4.69, 9.17) is 8.85 Å². The van der Waals surface area contributed by atoms with Crippen LogP contribution in [0.25, 0.3) is 0 Å². The largest absolute Gasteiger partial charge is 0.415 e. The van der Waals surface area contributed by atoms with E-state index in [1.807, 2.05) is 0 Å². The quantitative estimate of drug-likeness (QED) is 0.365. The molecule has 2 saturated heterocycles. The van der Waals surface area contributed by atoms with Crippen molar-refractivity contribution in [3.05, 3.63) is 60.7 Å². The summed E-state index contributed by atoms with van der Waals surface area (Å²) in [6, 6.07) is 22.7. The highest BCUT2D eigenvalue weighted by atomic mass is 28.4. The monoisotopic (exact) mass is 523 g/mol. The number of benzene rings is 2. The Hall–Kier alpha value is -1.25. The summed E-state index contributed by atoms with van der Waals surface area (Å²) in [5.74, 6) is 0. The Balaban J connectivity index is 1.61. The molecule has 198 valence electrons. The van der Waals surface area contributed by atoms with Gasteiger partial charge in [0, 0.05) is 18.2 Å². The van der Waals surface area contributed by atoms with Gasteiger partial charge >= 0.3 is 0 Å². The molecule has 3 nitrogen and oxygen atoms in total. The minimum Gasteiger partial charge on any atom is -0.415 e. The standard InChI is InChI=1S/C31H49NO2Si2/c1-29(2,3)35(7,8)33-24-26-20-22-31(21-15-23-32(26)31)25-34-36(30(4,5)6,27-16-11-9-12-17-27)28-18-13-10-14-19-28/h9-14,16-19,26H,15,20-25H2,1-8H3/t26-,31?/m0/s1. The summed E-state index contributed by atoms with van der Waals surface area (Å²) in [6.45, 7) is 21.8. The van der Waals surface area contributed by atoms with E-state index in [2.05, 4.69) is 120 Å². The molecule has 0 bridgehead atoms. The Morgan fingerprint density at radius 1 is 0.806 bits per heavy atom. The molecule has 1 unspecified atom stereocenters. The van der Waals surface area contributed by atoms with Crippen LogP contribution in [0.4, 0.5) is 0 Å². The van der Waals surface area contributed by atoms with E-state index in [9.17, 15) is 0 Å². The van der Waals surface area contributed by atoms with Crippen molar-refractivity contribution >= 4 is 27.0 Å². The van der Waals surface area contributed by atoms with Crippen molar-refractivity contribution in [1.82, 2.24) is 4.90 Å². The molecule has 2 aromatic rings. The molecule has 0 aliphatic carbocycles. The van der Waals surface area contributed by atoms with Crippen LogP contribution < -0.4 is 10.4 Å². The maximum Gasteiger partial charge on any atom is 0.261 e. The lowest BCUT2D eigenvalue weighted by Crippen LogP contribution is -2.68. The zero-order chi connectivity index (χ0) is 26.2. The average molecular weight is 524 g/mol. The molecule has 2 aliphatic rings. The Morgan fingerprint density at radius 2 is 1.36 bits per heavy atom. The summed E-state index contributed by atoms with van der Waals surface area (Å²) < 4.78 is 14.2. The van der Waals surface area contributed by atoms with Crippen LogP contribution in [0.3, 0.4) is 0 Å². The molecule has 5 heteroatoms. The van der Waals surface area contributed by atoms with Gasteiger partial charge in [0.05, 0.1) is 6.61 Å². The first-order valence-electron chi connectivity index (χ1n) is 14.0. The van der Waals surface area contributed by atoms with Crippen LogP contribution in [-0.2, 0) is 8.85 Å². The molecule has 4 rings (SSSR count). The van der Waals surface area contributed by atoms with Gasteiger partial charge in [0.1, 0.15) is 0 Å². The number of fused-ring (bicyclic) bond motifs is 1. The van der Waals surface area contributed by atoms with Gasteiger partial charge in [-0.2, -0.15) is 0 Å². The van der Waals surface area contributed by atoms with Crippen molar-refractivity contribution in [1.29, 1.82) is 0 Å². The van der Waals surface area contributed by atoms with Gasteiger partial charge in [0.2, 0.25) is 0 Å². The van der Waals surface area contributed by atoms with Gasteiger partial charge < -0.3 is 8.85 Å². The van der Waals surface area contributed by atoms with E-state index in [1.54, 1.807) is 0 Å². The fraction of sp³-hybridized carbons (Fsp3) is 0.613. The zero-order valence-electron chi connectivity index (χ0n) is 24.1. The third-order valence-corrected chi connectivity index (χ3v) is 18.9. The Morgan fingerprint density at radius 3 is 1.86 bits per heavy atom. The summed E-state index contributed by atoms with van der Waals surface area (Å²) in [4.78, 5) is 2.79. The van der Waals surface area contributed by atoms with E-state index in [-0.39, 0.29) is 15.6 Å². The van der Waals surface area contributed by atoms with Gasteiger partial charge in [0.25, 0.3) is 8.32 Å². The Labute approximate surface area is 222 Å². The molecular formula is C31H49NO2Si2. The van der Waals surface area contributed by atoms with Crippen molar-refractivity contribution in [2.45, 2.75) is 102 Å². The summed E-state index contributed by atoms with van der Waals surface area (Å²) in [5, 5.41) is 3.01. The fourth-order valence-electron chi connectivity index (χ4n) is 6.31. The SMILES string of the molecule is CC(C)(C)[Si](C)(C)OC[C@@H]1CCC2(CO[Si](c3ccccc3)(c3ccccc3)C(C)(C)C)CCCN12. The van der Waals surface area contributed by atoms with Crippen LogP contribution >= 0.6 is 0 Å². The zero-order valence-corrected chi connectivity index (χ0v) is 26.1. The van der Waals surface area contributed by atoms with Gasteiger partial charge in [-0.3, -0.25) is 4.90 Å². The van der Waals surface area contributed by atoms with Crippen LogP contribution in [0.2, 0.25) is 23.2 Å². The Kier molecular flexibility index (Phi) is 7.83. The first-order valence-corrected chi connectivity index (χ1v) is 18.8. The molecule has 2 atom stereocenters. The van der Waals surface area contributed by atoms with E-state index in [1.165, 1.54) is 42.6 Å². The van der Waals surface area contributed by atoms with Crippen LogP contribution in [0.1, 0.15) is 67.2 Å². The highest BCUT2D eigenvalue weighted by Gasteiger charge is 2.55. The fourth-order valence-corrected chi connectivity index (χ4v) is 12.0. The Bertz CT molecular complexity index is 957. The van der Waals surface area contributed by atoms with Crippen molar-refractivity contribution in [2.24, 2.45) is 0 Å². The van der Waals surface area contributed by atoms with Crippen molar-refractivity contribution < 1.29 is 8.85 Å². The molecule has 0 spiro atoms. The lowest BCUT2D eigenvalue weighted by atomic mass is 9.95. The number of nitrogens with zero attached hydrogens (tertiary/aromatic N) is 1. The molecule has 36 heavy (non-hydrogen) atoms. The average Bonchev–Trinajstić information content (AvgIpc) is 3.37. The molecule has 2 aliphatic heterocycles. The molecule has 2 aromatic carbocycles. The van der Waals surface area contributed by atoms with Gasteiger partial charge in [0.15, 0.2) is 8.32 Å². The first-order chi connectivity index (χ1) is 16.8. The van der Waals surface area contributed by atoms with E-state index < -0.39 is 16.6 Å². The van der Waals surface area contributed by atoms with Crippen LogP contribution in [-0.4, -0.2) is 52.9 Å². The maximum atomic E-state index is 7.47. The summed E-state index contributed by atoms with van der Waals surface area (Å²) >= 11 is 0. The molecule has 0 radical (unpaired) electrons. The van der Waals surface area contributed by atoms with Crippen LogP contribution in [0.5, 0.6) is 0 Å². The van der Waals surface area contributed by atoms with Crippen molar-refractivity contribution in [3.63, 3.8) is 0 Å². The lowest BCUT2D eigenvalue weighted by molar-refractivity contribution is 0.0661. The summed E-state index contributed by atoms with van der Waals surface area (Å²) in [7, 11) is -4.28. The van der Waals surface area contributed by atoms with Crippen LogP contribution in [0.15, 0.2) is 60.7 Å². The molecule has 0 N–H and O–H groups in total. The topological polar surface area (TPSA) is 21.7 Å². The normalized spacial score (nSPS) is 23.7. The van der Waals surface area contributed by atoms with Gasteiger partial charge in [-0.1, -0.05) is 102 Å². The highest BCUT2D eigenvalue weighted by molar-refractivity contribution is 6.99. The summed E-state index contributed by atoms with van der Waals surface area (Å²) in [5.41, 5.74) is 0.147. The van der Waals surface area contributed by atoms with E-state index >= 15 is 0 Å². The smallest absolute Gasteiger partial charge is 0.261 e. The van der Waals surface area contributed by atoms with Crippen LogP contribution in [0, 0.1) is 0 Å². The van der Waals surface area contributed by atoms with Gasteiger partial charge in [-0.05, 0) is 65.8 Å². The third-order valence-electron chi connectivity index (χ3n) is 9.45. The minimum atomic E-state index is -2.53. The second-order valence-electron chi connectivity index (χ2n) is 13.7. The predicted molar refractivity (Wildman–Crippen MR) is 158 cm³/mol. The predicted octanol–water partition coefficient (Wildman–Crippen LogP) is 6.58. The minimum absolute atomic E-state index is 0.0131. The van der Waals surface area contributed by atoms with E-state index in [0.29, 0.717) is 6.04 Å². The van der Waals surface area contributed by atoms with Gasteiger partial charge in [-0.15, -0.1) is 0 Å². The maximum absolute atomic E-state index is 7.47. The third kappa shape index (κ3) is 5.06. The molecular weight excluding hydrogens is 475 g/mol. The second-order valence-corrected chi connectivity index (χ2v) is 22.9. The molecule has 0 amide bonds. The number of hydrogen-bond donors (Lipinski definition) is 0. The number of rotatable bonds is 8. The molecule has 2 heterocycles. The van der Waals surface area contributed by atoms with Gasteiger partial charge in [-0.25, -0.2) is 0 Å². The second kappa shape index (κ2) is 10.1. The molecule has 2 fully saturated rings. The first kappa shape index (κ1) is 27.8. The lowest BCUT2D eigenvalue weighted by Gasteiger charge is -2.46. The van der Waals surface area contributed by atoms with Crippen molar-refractivity contribution in [3.8, 4) is 0 Å². The summed E-state index contributed by atoms with van der Waals surface area (Å²) in [6.07, 6.45) is 4.94. The van der Waals surface area contributed by atoms with Crippen molar-refractivity contribution in [2.75, 3.05) is 19.8 Å². The van der Waals surface area contributed by atoms with E-state index in [0.717, 1.165) is 13.2 Å². The highest BCUT2D eigenvalue weighted by Crippen LogP contribution is 2.46. The number of hydrogen-bond acceptors (Lipinski definition) is 3. The molecule has 0 saturated carbocycles.